The van der Waals surface area contributed by atoms with E-state index in [1.807, 2.05) is 16.7 Å². The zero-order chi connectivity index (χ0) is 15.7. The second-order valence-electron chi connectivity index (χ2n) is 5.06. The van der Waals surface area contributed by atoms with Crippen molar-refractivity contribution >= 4 is 9.84 Å². The summed E-state index contributed by atoms with van der Waals surface area (Å²) in [5, 5.41) is 8.34. The van der Waals surface area contributed by atoms with Crippen LogP contribution in [0.5, 0.6) is 11.5 Å². The molecule has 2 aromatic rings. The highest BCUT2D eigenvalue weighted by Gasteiger charge is 2.23. The van der Waals surface area contributed by atoms with Crippen molar-refractivity contribution in [2.45, 2.75) is 13.0 Å². The van der Waals surface area contributed by atoms with E-state index in [1.165, 1.54) is 0 Å². The number of ether oxygens (including phenoxy) is 2. The van der Waals surface area contributed by atoms with Crippen molar-refractivity contribution in [3.8, 4) is 22.9 Å². The van der Waals surface area contributed by atoms with Crippen LogP contribution in [-0.2, 0) is 22.8 Å². The van der Waals surface area contributed by atoms with Crippen molar-refractivity contribution in [2.75, 3.05) is 25.7 Å². The first-order valence-corrected chi connectivity index (χ1v) is 8.71. The zero-order valence-corrected chi connectivity index (χ0v) is 13.3. The maximum atomic E-state index is 11.8. The Hall–Kier alpha value is -2.09. The first-order valence-electron chi connectivity index (χ1n) is 6.89. The van der Waals surface area contributed by atoms with Crippen LogP contribution in [0, 0.1) is 0 Å². The molecule has 8 heteroatoms. The van der Waals surface area contributed by atoms with E-state index in [0.29, 0.717) is 36.1 Å². The molecular weight excluding hydrogens is 306 g/mol. The van der Waals surface area contributed by atoms with Crippen LogP contribution in [0.1, 0.15) is 5.82 Å². The number of nitrogens with zero attached hydrogens (tertiary/aromatic N) is 3. The van der Waals surface area contributed by atoms with E-state index in [9.17, 15) is 8.42 Å². The SMILES string of the molecule is COc1ccc(-c2nnc3n2CCS(=O)(=O)CC3)cc1OC. The van der Waals surface area contributed by atoms with Gasteiger partial charge in [0.05, 0.1) is 25.7 Å². The minimum Gasteiger partial charge on any atom is -0.493 e. The summed E-state index contributed by atoms with van der Waals surface area (Å²) < 4.78 is 35.9. The first kappa shape index (κ1) is 14.8. The lowest BCUT2D eigenvalue weighted by molar-refractivity contribution is 0.355. The average Bonchev–Trinajstić information content (AvgIpc) is 2.86. The molecule has 0 amide bonds. The van der Waals surface area contributed by atoms with Gasteiger partial charge in [0.1, 0.15) is 5.82 Å². The van der Waals surface area contributed by atoms with Gasteiger partial charge in [-0.25, -0.2) is 8.42 Å². The Labute approximate surface area is 128 Å². The van der Waals surface area contributed by atoms with Crippen LogP contribution in [0.3, 0.4) is 0 Å². The Balaban J connectivity index is 2.03. The number of aryl methyl sites for hydroxylation is 1. The van der Waals surface area contributed by atoms with Crippen LogP contribution in [0.2, 0.25) is 0 Å². The topological polar surface area (TPSA) is 83.3 Å². The zero-order valence-electron chi connectivity index (χ0n) is 12.4. The molecule has 0 saturated carbocycles. The second kappa shape index (κ2) is 5.60. The predicted octanol–water partition coefficient (Wildman–Crippen LogP) is 0.933. The van der Waals surface area contributed by atoms with Gasteiger partial charge in [0.15, 0.2) is 27.2 Å². The number of benzene rings is 1. The monoisotopic (exact) mass is 323 g/mol. The maximum absolute atomic E-state index is 11.8. The minimum absolute atomic E-state index is 0.109. The number of sulfone groups is 1. The lowest BCUT2D eigenvalue weighted by atomic mass is 10.2. The second-order valence-corrected chi connectivity index (χ2v) is 7.37. The van der Waals surface area contributed by atoms with Gasteiger partial charge in [-0.2, -0.15) is 0 Å². The van der Waals surface area contributed by atoms with Gasteiger partial charge in [-0.05, 0) is 18.2 Å². The molecular formula is C14H17N3O4S. The first-order chi connectivity index (χ1) is 10.5. The molecule has 1 aliphatic rings. The fourth-order valence-corrected chi connectivity index (χ4v) is 3.68. The third-order valence-electron chi connectivity index (χ3n) is 3.73. The normalized spacial score (nSPS) is 16.6. The number of methoxy groups -OCH3 is 2. The highest BCUT2D eigenvalue weighted by Crippen LogP contribution is 2.32. The summed E-state index contributed by atoms with van der Waals surface area (Å²) in [6, 6.07) is 5.47. The van der Waals surface area contributed by atoms with Gasteiger partial charge in [0.25, 0.3) is 0 Å². The lowest BCUT2D eigenvalue weighted by Crippen LogP contribution is -2.12. The Morgan fingerprint density at radius 2 is 1.86 bits per heavy atom. The summed E-state index contributed by atoms with van der Waals surface area (Å²) in [6.07, 6.45) is 0.391. The van der Waals surface area contributed by atoms with E-state index >= 15 is 0 Å². The Morgan fingerprint density at radius 3 is 2.59 bits per heavy atom. The van der Waals surface area contributed by atoms with Crippen LogP contribution < -0.4 is 9.47 Å². The van der Waals surface area contributed by atoms with Gasteiger partial charge in [0.2, 0.25) is 0 Å². The van der Waals surface area contributed by atoms with Crippen molar-refractivity contribution in [3.05, 3.63) is 24.0 Å². The van der Waals surface area contributed by atoms with Crippen LogP contribution in [0.15, 0.2) is 18.2 Å². The number of fused-ring (bicyclic) bond motifs is 1. The number of hydrogen-bond donors (Lipinski definition) is 0. The molecule has 0 spiro atoms. The van der Waals surface area contributed by atoms with Gasteiger partial charge in [0, 0.05) is 18.5 Å². The third-order valence-corrected chi connectivity index (χ3v) is 5.36. The van der Waals surface area contributed by atoms with Gasteiger partial charge >= 0.3 is 0 Å². The van der Waals surface area contributed by atoms with Gasteiger partial charge in [-0.1, -0.05) is 0 Å². The van der Waals surface area contributed by atoms with E-state index in [-0.39, 0.29) is 11.5 Å². The van der Waals surface area contributed by atoms with E-state index in [1.54, 1.807) is 20.3 Å². The summed E-state index contributed by atoms with van der Waals surface area (Å²) in [5.41, 5.74) is 0.815. The predicted molar refractivity (Wildman–Crippen MR) is 80.9 cm³/mol. The third kappa shape index (κ3) is 2.66. The van der Waals surface area contributed by atoms with E-state index in [2.05, 4.69) is 10.2 Å². The van der Waals surface area contributed by atoms with Gasteiger partial charge in [-0.3, -0.25) is 0 Å². The van der Waals surface area contributed by atoms with Gasteiger partial charge < -0.3 is 14.0 Å². The Bertz CT molecular complexity index is 798. The van der Waals surface area contributed by atoms with Crippen molar-refractivity contribution in [1.29, 1.82) is 0 Å². The summed E-state index contributed by atoms with van der Waals surface area (Å²) in [5.74, 6) is 2.80. The lowest BCUT2D eigenvalue weighted by Gasteiger charge is -2.10. The Morgan fingerprint density at radius 1 is 1.09 bits per heavy atom. The van der Waals surface area contributed by atoms with Crippen molar-refractivity contribution in [1.82, 2.24) is 14.8 Å². The fraction of sp³-hybridized carbons (Fsp3) is 0.429. The van der Waals surface area contributed by atoms with Crippen LogP contribution in [0.25, 0.3) is 11.4 Å². The molecule has 7 nitrogen and oxygen atoms in total. The van der Waals surface area contributed by atoms with Crippen LogP contribution in [-0.4, -0.2) is 48.9 Å². The molecule has 0 bridgehead atoms. The molecule has 1 aliphatic heterocycles. The van der Waals surface area contributed by atoms with E-state index < -0.39 is 9.84 Å². The molecule has 1 aromatic carbocycles. The van der Waals surface area contributed by atoms with Gasteiger partial charge in [-0.15, -0.1) is 10.2 Å². The molecule has 0 fully saturated rings. The molecule has 0 saturated heterocycles. The largest absolute Gasteiger partial charge is 0.493 e. The maximum Gasteiger partial charge on any atom is 0.164 e. The summed E-state index contributed by atoms with van der Waals surface area (Å²) in [6.45, 7) is 0.369. The Kier molecular flexibility index (Phi) is 3.78. The molecule has 1 aromatic heterocycles. The van der Waals surface area contributed by atoms with Crippen molar-refractivity contribution in [2.24, 2.45) is 0 Å². The summed E-state index contributed by atoms with van der Waals surface area (Å²) in [4.78, 5) is 0. The molecule has 0 atom stereocenters. The molecule has 118 valence electrons. The van der Waals surface area contributed by atoms with Crippen molar-refractivity contribution in [3.63, 3.8) is 0 Å². The minimum atomic E-state index is -3.01. The van der Waals surface area contributed by atoms with E-state index in [0.717, 1.165) is 5.56 Å². The quantitative estimate of drug-likeness (QED) is 0.836. The standard InChI is InChI=1S/C14H17N3O4S/c1-20-11-4-3-10(9-12(11)21-2)14-16-15-13-5-7-22(18,19)8-6-17(13)14/h3-4,9H,5-8H2,1-2H3. The molecule has 22 heavy (non-hydrogen) atoms. The summed E-state index contributed by atoms with van der Waals surface area (Å²) in [7, 11) is 0.130. The molecule has 3 rings (SSSR count). The molecule has 0 radical (unpaired) electrons. The number of hydrogen-bond acceptors (Lipinski definition) is 6. The highest BCUT2D eigenvalue weighted by molar-refractivity contribution is 7.91. The molecule has 0 aliphatic carbocycles. The highest BCUT2D eigenvalue weighted by atomic mass is 32.2. The average molecular weight is 323 g/mol. The van der Waals surface area contributed by atoms with Crippen LogP contribution in [0.4, 0.5) is 0 Å². The van der Waals surface area contributed by atoms with E-state index in [4.69, 9.17) is 9.47 Å². The molecule has 2 heterocycles. The fourth-order valence-electron chi connectivity index (χ4n) is 2.52. The van der Waals surface area contributed by atoms with Crippen molar-refractivity contribution < 1.29 is 17.9 Å². The van der Waals surface area contributed by atoms with Crippen LogP contribution >= 0.6 is 0 Å². The molecule has 0 N–H and O–H groups in total. The number of rotatable bonds is 3. The smallest absolute Gasteiger partial charge is 0.164 e. The summed E-state index contributed by atoms with van der Waals surface area (Å²) >= 11 is 0. The number of aromatic nitrogens is 3. The molecule has 0 unspecified atom stereocenters.